The van der Waals surface area contributed by atoms with Gasteiger partial charge in [0.25, 0.3) is 0 Å². The minimum Gasteiger partial charge on any atom is -0.508 e. The van der Waals surface area contributed by atoms with Crippen molar-refractivity contribution < 1.29 is 13.5 Å². The fourth-order valence-electron chi connectivity index (χ4n) is 1.83. The van der Waals surface area contributed by atoms with Crippen molar-refractivity contribution in [2.45, 2.75) is 6.54 Å². The summed E-state index contributed by atoms with van der Waals surface area (Å²) in [6.07, 6.45) is 0. The molecule has 1 aliphatic rings. The molecular formula is C11H14BrNO3S. The average Bonchev–Trinajstić information content (AvgIpc) is 2.26. The van der Waals surface area contributed by atoms with Gasteiger partial charge in [-0.05, 0) is 23.8 Å². The van der Waals surface area contributed by atoms with Crippen LogP contribution in [0.3, 0.4) is 0 Å². The smallest absolute Gasteiger partial charge is 0.152 e. The first-order valence-electron chi connectivity index (χ1n) is 5.36. The summed E-state index contributed by atoms with van der Waals surface area (Å²) in [5.41, 5.74) is 0.976. The minimum absolute atomic E-state index is 0.226. The van der Waals surface area contributed by atoms with Crippen molar-refractivity contribution in [2.75, 3.05) is 24.6 Å². The zero-order valence-electron chi connectivity index (χ0n) is 9.26. The molecule has 1 saturated heterocycles. The Balaban J connectivity index is 2.05. The van der Waals surface area contributed by atoms with Crippen molar-refractivity contribution >= 4 is 25.8 Å². The highest BCUT2D eigenvalue weighted by atomic mass is 79.9. The van der Waals surface area contributed by atoms with Gasteiger partial charge in [-0.1, -0.05) is 15.9 Å². The third-order valence-electron chi connectivity index (χ3n) is 2.86. The van der Waals surface area contributed by atoms with Crippen LogP contribution in [-0.4, -0.2) is 43.0 Å². The normalized spacial score (nSPS) is 20.3. The number of phenols is 1. The molecule has 0 aliphatic carbocycles. The molecule has 0 aromatic heterocycles. The quantitative estimate of drug-likeness (QED) is 0.895. The molecule has 0 bridgehead atoms. The molecule has 0 radical (unpaired) electrons. The number of rotatable bonds is 2. The third-order valence-corrected chi connectivity index (χ3v) is 5.24. The lowest BCUT2D eigenvalue weighted by atomic mass is 10.2. The Kier molecular flexibility index (Phi) is 3.75. The van der Waals surface area contributed by atoms with Crippen LogP contribution in [0.1, 0.15) is 5.56 Å². The third kappa shape index (κ3) is 3.43. The number of sulfone groups is 1. The van der Waals surface area contributed by atoms with Gasteiger partial charge in [-0.3, -0.25) is 4.90 Å². The number of halogens is 1. The van der Waals surface area contributed by atoms with Gasteiger partial charge in [0, 0.05) is 24.1 Å². The number of benzene rings is 1. The molecule has 1 aromatic rings. The second-order valence-corrected chi connectivity index (χ2v) is 7.36. The number of hydrogen-bond donors (Lipinski definition) is 1. The van der Waals surface area contributed by atoms with Crippen LogP contribution in [0.4, 0.5) is 0 Å². The molecule has 1 aromatic carbocycles. The molecule has 0 unspecified atom stereocenters. The molecule has 0 spiro atoms. The molecule has 2 rings (SSSR count). The minimum atomic E-state index is -2.83. The van der Waals surface area contributed by atoms with E-state index in [1.807, 2.05) is 0 Å². The molecule has 4 nitrogen and oxygen atoms in total. The molecule has 0 amide bonds. The first kappa shape index (κ1) is 12.9. The lowest BCUT2D eigenvalue weighted by Crippen LogP contribution is -2.39. The van der Waals surface area contributed by atoms with Crippen molar-refractivity contribution in [3.63, 3.8) is 0 Å². The number of phenolic OH excluding ortho intramolecular Hbond substituents is 1. The molecule has 1 N–H and O–H groups in total. The van der Waals surface area contributed by atoms with Crippen molar-refractivity contribution in [1.82, 2.24) is 4.90 Å². The van der Waals surface area contributed by atoms with E-state index in [1.54, 1.807) is 18.2 Å². The zero-order chi connectivity index (χ0) is 12.5. The van der Waals surface area contributed by atoms with E-state index in [0.29, 0.717) is 19.6 Å². The average molecular weight is 320 g/mol. The SMILES string of the molecule is O=S1(=O)CCN(Cc2cc(O)ccc2Br)CC1. The van der Waals surface area contributed by atoms with Gasteiger partial charge in [-0.15, -0.1) is 0 Å². The van der Waals surface area contributed by atoms with Crippen LogP contribution in [0.5, 0.6) is 5.75 Å². The van der Waals surface area contributed by atoms with E-state index >= 15 is 0 Å². The lowest BCUT2D eigenvalue weighted by molar-refractivity contribution is 0.286. The summed E-state index contributed by atoms with van der Waals surface area (Å²) >= 11 is 3.42. The van der Waals surface area contributed by atoms with Gasteiger partial charge in [-0.2, -0.15) is 0 Å². The highest BCUT2D eigenvalue weighted by Crippen LogP contribution is 2.23. The maximum atomic E-state index is 11.3. The Morgan fingerprint density at radius 3 is 2.59 bits per heavy atom. The topological polar surface area (TPSA) is 57.6 Å². The lowest BCUT2D eigenvalue weighted by Gasteiger charge is -2.26. The Bertz CT molecular complexity index is 501. The summed E-state index contributed by atoms with van der Waals surface area (Å²) in [5, 5.41) is 9.41. The number of hydrogen-bond acceptors (Lipinski definition) is 4. The summed E-state index contributed by atoms with van der Waals surface area (Å²) in [7, 11) is -2.83. The largest absolute Gasteiger partial charge is 0.508 e. The summed E-state index contributed by atoms with van der Waals surface area (Å²) in [4.78, 5) is 2.08. The van der Waals surface area contributed by atoms with E-state index in [1.165, 1.54) is 0 Å². The zero-order valence-corrected chi connectivity index (χ0v) is 11.7. The highest BCUT2D eigenvalue weighted by Gasteiger charge is 2.21. The van der Waals surface area contributed by atoms with Crippen LogP contribution in [0.2, 0.25) is 0 Å². The number of nitrogens with zero attached hydrogens (tertiary/aromatic N) is 1. The first-order valence-corrected chi connectivity index (χ1v) is 7.98. The fraction of sp³-hybridized carbons (Fsp3) is 0.455. The first-order chi connectivity index (χ1) is 7.96. The maximum absolute atomic E-state index is 11.3. The van der Waals surface area contributed by atoms with Gasteiger partial charge in [0.2, 0.25) is 0 Å². The van der Waals surface area contributed by atoms with Crippen molar-refractivity contribution in [3.05, 3.63) is 28.2 Å². The molecule has 1 fully saturated rings. The number of aromatic hydroxyl groups is 1. The van der Waals surface area contributed by atoms with Gasteiger partial charge in [0.15, 0.2) is 9.84 Å². The van der Waals surface area contributed by atoms with Crippen LogP contribution in [0, 0.1) is 0 Å². The molecule has 0 saturated carbocycles. The van der Waals surface area contributed by atoms with Crippen molar-refractivity contribution in [3.8, 4) is 5.75 Å². The Hall–Kier alpha value is -0.590. The van der Waals surface area contributed by atoms with Crippen LogP contribution >= 0.6 is 15.9 Å². The van der Waals surface area contributed by atoms with E-state index in [9.17, 15) is 13.5 Å². The molecular weight excluding hydrogens is 306 g/mol. The monoisotopic (exact) mass is 319 g/mol. The van der Waals surface area contributed by atoms with Gasteiger partial charge in [0.1, 0.15) is 5.75 Å². The summed E-state index contributed by atoms with van der Waals surface area (Å²) < 4.78 is 23.5. The van der Waals surface area contributed by atoms with Crippen LogP contribution in [-0.2, 0) is 16.4 Å². The van der Waals surface area contributed by atoms with E-state index in [-0.39, 0.29) is 17.3 Å². The van der Waals surface area contributed by atoms with Gasteiger partial charge < -0.3 is 5.11 Å². The second kappa shape index (κ2) is 4.96. The standard InChI is InChI=1S/C11H14BrNO3S/c12-11-2-1-10(14)7-9(11)8-13-3-5-17(15,16)6-4-13/h1-2,7,14H,3-6,8H2. The van der Waals surface area contributed by atoms with Gasteiger partial charge >= 0.3 is 0 Å². The van der Waals surface area contributed by atoms with Gasteiger partial charge in [0.05, 0.1) is 11.5 Å². The predicted octanol–water partition coefficient (Wildman–Crippen LogP) is 1.39. The Labute approximate surface area is 109 Å². The van der Waals surface area contributed by atoms with Crippen LogP contribution in [0.25, 0.3) is 0 Å². The molecule has 0 atom stereocenters. The fourth-order valence-corrected chi connectivity index (χ4v) is 3.48. The van der Waals surface area contributed by atoms with Crippen LogP contribution < -0.4 is 0 Å². The van der Waals surface area contributed by atoms with Crippen LogP contribution in [0.15, 0.2) is 22.7 Å². The Morgan fingerprint density at radius 2 is 1.94 bits per heavy atom. The van der Waals surface area contributed by atoms with Crippen molar-refractivity contribution in [1.29, 1.82) is 0 Å². The van der Waals surface area contributed by atoms with Gasteiger partial charge in [-0.25, -0.2) is 8.42 Å². The molecule has 94 valence electrons. The molecule has 17 heavy (non-hydrogen) atoms. The maximum Gasteiger partial charge on any atom is 0.152 e. The second-order valence-electron chi connectivity index (χ2n) is 4.20. The van der Waals surface area contributed by atoms with Crippen molar-refractivity contribution in [2.24, 2.45) is 0 Å². The highest BCUT2D eigenvalue weighted by molar-refractivity contribution is 9.10. The summed E-state index contributed by atoms with van der Waals surface area (Å²) in [6, 6.07) is 5.12. The predicted molar refractivity (Wildman–Crippen MR) is 69.7 cm³/mol. The van der Waals surface area contributed by atoms with E-state index in [2.05, 4.69) is 20.8 Å². The molecule has 1 aliphatic heterocycles. The summed E-state index contributed by atoms with van der Waals surface area (Å²) in [6.45, 7) is 1.78. The van der Waals surface area contributed by atoms with E-state index < -0.39 is 9.84 Å². The molecule has 1 heterocycles. The summed E-state index contributed by atoms with van der Waals surface area (Å²) in [5.74, 6) is 0.681. The van der Waals surface area contributed by atoms with E-state index in [4.69, 9.17) is 0 Å². The Morgan fingerprint density at radius 1 is 1.29 bits per heavy atom. The molecule has 6 heteroatoms. The van der Waals surface area contributed by atoms with E-state index in [0.717, 1.165) is 10.0 Å².